The molecule has 2 rings (SSSR count). The van der Waals surface area contributed by atoms with Crippen LogP contribution in [0.15, 0.2) is 48.5 Å². The average molecular weight is 298 g/mol. The van der Waals surface area contributed by atoms with E-state index in [0.717, 1.165) is 11.3 Å². The molecule has 1 amide bonds. The van der Waals surface area contributed by atoms with Gasteiger partial charge >= 0.3 is 0 Å². The van der Waals surface area contributed by atoms with E-state index < -0.39 is 0 Å². The molecular formula is C18H22N2O2. The summed E-state index contributed by atoms with van der Waals surface area (Å²) < 4.78 is 5.17. The number of benzene rings is 2. The molecule has 4 nitrogen and oxygen atoms in total. The molecule has 116 valence electrons. The molecular weight excluding hydrogens is 276 g/mol. The largest absolute Gasteiger partial charge is 0.497 e. The molecule has 2 aromatic carbocycles. The summed E-state index contributed by atoms with van der Waals surface area (Å²) in [5.74, 6) is 0.667. The quantitative estimate of drug-likeness (QED) is 0.834. The Bertz CT molecular complexity index is 648. The van der Waals surface area contributed by atoms with Crippen LogP contribution in [0.2, 0.25) is 0 Å². The highest BCUT2D eigenvalue weighted by molar-refractivity contribution is 5.99. The number of ether oxygens (including phenoxy) is 1. The van der Waals surface area contributed by atoms with Gasteiger partial charge in [-0.1, -0.05) is 38.1 Å². The summed E-state index contributed by atoms with van der Waals surface area (Å²) in [4.78, 5) is 12.2. The van der Waals surface area contributed by atoms with Gasteiger partial charge in [0.2, 0.25) is 0 Å². The first-order chi connectivity index (χ1) is 10.4. The van der Waals surface area contributed by atoms with E-state index in [1.165, 1.54) is 0 Å². The monoisotopic (exact) mass is 298 g/mol. The summed E-state index contributed by atoms with van der Waals surface area (Å²) in [6, 6.07) is 15.0. The highest BCUT2D eigenvalue weighted by Gasteiger charge is 2.22. The van der Waals surface area contributed by atoms with Crippen molar-refractivity contribution in [1.82, 2.24) is 5.32 Å². The molecule has 0 aliphatic carbocycles. The van der Waals surface area contributed by atoms with Gasteiger partial charge in [-0.05, 0) is 29.8 Å². The number of rotatable bonds is 5. The Labute approximate surface area is 131 Å². The van der Waals surface area contributed by atoms with Crippen molar-refractivity contribution in [2.75, 3.05) is 19.4 Å². The lowest BCUT2D eigenvalue weighted by Gasteiger charge is -2.26. The van der Waals surface area contributed by atoms with Gasteiger partial charge in [-0.25, -0.2) is 0 Å². The summed E-state index contributed by atoms with van der Waals surface area (Å²) >= 11 is 0. The third-order valence-corrected chi connectivity index (χ3v) is 3.77. The van der Waals surface area contributed by atoms with Crippen molar-refractivity contribution in [3.05, 3.63) is 59.7 Å². The number of carbonyl (C=O) groups excluding carboxylic acids is 1. The van der Waals surface area contributed by atoms with Gasteiger partial charge in [0.05, 0.1) is 12.7 Å². The Morgan fingerprint density at radius 2 is 1.77 bits per heavy atom. The van der Waals surface area contributed by atoms with Gasteiger partial charge in [-0.2, -0.15) is 0 Å². The smallest absolute Gasteiger partial charge is 0.253 e. The third kappa shape index (κ3) is 3.58. The number of carbonyl (C=O) groups is 1. The molecule has 0 bridgehead atoms. The van der Waals surface area contributed by atoms with Crippen LogP contribution in [0, 0.1) is 0 Å². The maximum absolute atomic E-state index is 12.2. The van der Waals surface area contributed by atoms with Crippen LogP contribution in [0.5, 0.6) is 5.75 Å². The number of para-hydroxylation sites is 1. The lowest BCUT2D eigenvalue weighted by Crippen LogP contribution is -2.36. The number of nitrogens with two attached hydrogens (primary N) is 1. The number of hydrogen-bond donors (Lipinski definition) is 2. The fourth-order valence-electron chi connectivity index (χ4n) is 2.24. The summed E-state index contributed by atoms with van der Waals surface area (Å²) in [6.45, 7) is 4.69. The minimum atomic E-state index is -0.189. The van der Waals surface area contributed by atoms with Crippen LogP contribution >= 0.6 is 0 Å². The average Bonchev–Trinajstić information content (AvgIpc) is 2.53. The van der Waals surface area contributed by atoms with Crippen LogP contribution in [0.1, 0.15) is 29.8 Å². The van der Waals surface area contributed by atoms with Crippen LogP contribution in [0.25, 0.3) is 0 Å². The molecule has 0 heterocycles. The molecule has 0 saturated heterocycles. The van der Waals surface area contributed by atoms with Crippen molar-refractivity contribution in [3.8, 4) is 5.75 Å². The normalized spacial score (nSPS) is 11.0. The second-order valence-electron chi connectivity index (χ2n) is 5.88. The van der Waals surface area contributed by atoms with Gasteiger partial charge in [-0.3, -0.25) is 4.79 Å². The summed E-state index contributed by atoms with van der Waals surface area (Å²) in [5, 5.41) is 2.96. The van der Waals surface area contributed by atoms with Crippen molar-refractivity contribution in [1.29, 1.82) is 0 Å². The van der Waals surface area contributed by atoms with Gasteiger partial charge in [0.1, 0.15) is 5.75 Å². The Balaban J connectivity index is 2.05. The number of nitrogen functional groups attached to an aromatic ring is 1. The molecule has 4 heteroatoms. The highest BCUT2D eigenvalue weighted by atomic mass is 16.5. The molecule has 0 atom stereocenters. The molecule has 3 N–H and O–H groups in total. The fourth-order valence-corrected chi connectivity index (χ4v) is 2.24. The van der Waals surface area contributed by atoms with Gasteiger partial charge < -0.3 is 15.8 Å². The zero-order valence-electron chi connectivity index (χ0n) is 13.2. The van der Waals surface area contributed by atoms with E-state index >= 15 is 0 Å². The zero-order valence-corrected chi connectivity index (χ0v) is 13.2. The lowest BCUT2D eigenvalue weighted by atomic mass is 9.84. The maximum atomic E-state index is 12.2. The van der Waals surface area contributed by atoms with Gasteiger partial charge in [0.15, 0.2) is 0 Å². The van der Waals surface area contributed by atoms with Crippen molar-refractivity contribution in [2.24, 2.45) is 0 Å². The molecule has 2 aromatic rings. The summed E-state index contributed by atoms with van der Waals surface area (Å²) in [7, 11) is 1.64. The third-order valence-electron chi connectivity index (χ3n) is 3.77. The minimum Gasteiger partial charge on any atom is -0.497 e. The Morgan fingerprint density at radius 1 is 1.14 bits per heavy atom. The second kappa shape index (κ2) is 6.52. The first kappa shape index (κ1) is 15.9. The Hall–Kier alpha value is -2.49. The van der Waals surface area contributed by atoms with Crippen LogP contribution in [-0.4, -0.2) is 19.6 Å². The van der Waals surface area contributed by atoms with E-state index in [-0.39, 0.29) is 11.3 Å². The Kier molecular flexibility index (Phi) is 4.71. The molecule has 0 unspecified atom stereocenters. The molecule has 0 aliphatic heterocycles. The standard InChI is InChI=1S/C18H22N2O2/c1-18(2,13-8-10-14(22-3)11-9-13)12-20-17(21)15-6-4-5-7-16(15)19/h4-11H,12,19H2,1-3H3,(H,20,21). The van der Waals surface area contributed by atoms with Crippen molar-refractivity contribution < 1.29 is 9.53 Å². The van der Waals surface area contributed by atoms with E-state index in [9.17, 15) is 4.79 Å². The van der Waals surface area contributed by atoms with Crippen LogP contribution < -0.4 is 15.8 Å². The first-order valence-corrected chi connectivity index (χ1v) is 7.21. The number of hydrogen-bond acceptors (Lipinski definition) is 3. The van der Waals surface area contributed by atoms with E-state index in [2.05, 4.69) is 19.2 Å². The number of anilines is 1. The highest BCUT2D eigenvalue weighted by Crippen LogP contribution is 2.24. The zero-order chi connectivity index (χ0) is 16.2. The molecule has 0 radical (unpaired) electrons. The summed E-state index contributed by atoms with van der Waals surface area (Å²) in [5.41, 5.74) is 7.77. The van der Waals surface area contributed by atoms with E-state index in [1.807, 2.05) is 30.3 Å². The van der Waals surface area contributed by atoms with Crippen molar-refractivity contribution in [3.63, 3.8) is 0 Å². The molecule has 0 aliphatic rings. The van der Waals surface area contributed by atoms with Crippen molar-refractivity contribution in [2.45, 2.75) is 19.3 Å². The van der Waals surface area contributed by atoms with E-state index in [4.69, 9.17) is 10.5 Å². The Morgan fingerprint density at radius 3 is 2.36 bits per heavy atom. The minimum absolute atomic E-state index is 0.153. The number of amides is 1. The predicted octanol–water partition coefficient (Wildman–Crippen LogP) is 2.99. The van der Waals surface area contributed by atoms with Gasteiger partial charge in [-0.15, -0.1) is 0 Å². The van der Waals surface area contributed by atoms with Crippen LogP contribution in [0.3, 0.4) is 0 Å². The maximum Gasteiger partial charge on any atom is 0.253 e. The summed E-state index contributed by atoms with van der Waals surface area (Å²) in [6.07, 6.45) is 0. The molecule has 22 heavy (non-hydrogen) atoms. The number of methoxy groups -OCH3 is 1. The molecule has 0 spiro atoms. The van der Waals surface area contributed by atoms with E-state index in [1.54, 1.807) is 25.3 Å². The molecule has 0 fully saturated rings. The number of nitrogens with one attached hydrogen (secondary N) is 1. The predicted molar refractivity (Wildman–Crippen MR) is 89.2 cm³/mol. The van der Waals surface area contributed by atoms with Crippen LogP contribution in [0.4, 0.5) is 5.69 Å². The lowest BCUT2D eigenvalue weighted by molar-refractivity contribution is 0.0946. The van der Waals surface area contributed by atoms with Gasteiger partial charge in [0.25, 0.3) is 5.91 Å². The van der Waals surface area contributed by atoms with Crippen molar-refractivity contribution >= 4 is 11.6 Å². The SMILES string of the molecule is COc1ccc(C(C)(C)CNC(=O)c2ccccc2N)cc1. The molecule has 0 aromatic heterocycles. The fraction of sp³-hybridized carbons (Fsp3) is 0.278. The van der Waals surface area contributed by atoms with Gasteiger partial charge in [0, 0.05) is 17.6 Å². The topological polar surface area (TPSA) is 64.3 Å². The second-order valence-corrected chi connectivity index (χ2v) is 5.88. The first-order valence-electron chi connectivity index (χ1n) is 7.21. The van der Waals surface area contributed by atoms with E-state index in [0.29, 0.717) is 17.8 Å². The molecule has 0 saturated carbocycles. The van der Waals surface area contributed by atoms with Crippen LogP contribution in [-0.2, 0) is 5.41 Å².